The van der Waals surface area contributed by atoms with Crippen LogP contribution in [-0.2, 0) is 0 Å². The van der Waals surface area contributed by atoms with Gasteiger partial charge in [0, 0.05) is 27.9 Å². The average Bonchev–Trinajstić information content (AvgIpc) is 3.04. The van der Waals surface area contributed by atoms with Crippen LogP contribution in [0.3, 0.4) is 0 Å². The van der Waals surface area contributed by atoms with Gasteiger partial charge in [-0.15, -0.1) is 10.2 Å². The quantitative estimate of drug-likeness (QED) is 0.491. The molecule has 0 saturated carbocycles. The molecule has 1 amide bonds. The number of hydrogen-bond acceptors (Lipinski definition) is 4. The Hall–Kier alpha value is -2.48. The Kier molecular flexibility index (Phi) is 6.39. The number of nitrogens with one attached hydrogen (secondary N) is 1. The van der Waals surface area contributed by atoms with Gasteiger partial charge >= 0.3 is 0 Å². The molecule has 2 aromatic carbocycles. The van der Waals surface area contributed by atoms with Crippen LogP contribution in [-0.4, -0.2) is 29.2 Å². The normalized spacial score (nSPS) is 14.3. The number of anilines is 2. The van der Waals surface area contributed by atoms with Gasteiger partial charge in [0.1, 0.15) is 0 Å². The Balaban J connectivity index is 1.43. The van der Waals surface area contributed by atoms with Crippen LogP contribution >= 0.6 is 22.6 Å². The Morgan fingerprint density at radius 3 is 2.24 bits per heavy atom. The maximum absolute atomic E-state index is 12.5. The van der Waals surface area contributed by atoms with Crippen LogP contribution < -0.4 is 10.2 Å². The minimum atomic E-state index is -0.107. The molecule has 1 aromatic heterocycles. The summed E-state index contributed by atoms with van der Waals surface area (Å²) in [6.07, 6.45) is 5.04. The van der Waals surface area contributed by atoms with Crippen molar-refractivity contribution >= 4 is 40.0 Å². The van der Waals surface area contributed by atoms with Crippen molar-refractivity contribution in [3.63, 3.8) is 0 Å². The molecule has 0 atom stereocenters. The van der Waals surface area contributed by atoms with Gasteiger partial charge in [0.25, 0.3) is 5.91 Å². The van der Waals surface area contributed by atoms with Gasteiger partial charge < -0.3 is 10.2 Å². The van der Waals surface area contributed by atoms with Gasteiger partial charge in [-0.1, -0.05) is 37.1 Å². The molecule has 0 bridgehead atoms. The Morgan fingerprint density at radius 2 is 1.59 bits per heavy atom. The molecule has 1 aliphatic rings. The lowest BCUT2D eigenvalue weighted by Gasteiger charge is -2.20. The van der Waals surface area contributed by atoms with E-state index in [0.717, 1.165) is 39.4 Å². The lowest BCUT2D eigenvalue weighted by molar-refractivity contribution is 0.102. The van der Waals surface area contributed by atoms with Gasteiger partial charge in [-0.05, 0) is 71.8 Å². The minimum absolute atomic E-state index is 0.107. The molecule has 3 aromatic rings. The topological polar surface area (TPSA) is 58.1 Å². The van der Waals surface area contributed by atoms with E-state index >= 15 is 0 Å². The first kappa shape index (κ1) is 19.8. The fourth-order valence-corrected chi connectivity index (χ4v) is 4.15. The molecule has 0 unspecified atom stereocenters. The van der Waals surface area contributed by atoms with E-state index in [4.69, 9.17) is 0 Å². The lowest BCUT2D eigenvalue weighted by atomic mass is 10.1. The van der Waals surface area contributed by atoms with Crippen molar-refractivity contribution in [2.24, 2.45) is 0 Å². The molecule has 1 saturated heterocycles. The Bertz CT molecular complexity index is 965. The SMILES string of the molecule is O=C(Nc1ccc(-c2ccc(N3CCCCCC3)nn2)cc1)c1ccccc1I. The Labute approximate surface area is 184 Å². The van der Waals surface area contributed by atoms with Gasteiger partial charge in [-0.25, -0.2) is 0 Å². The molecular formula is C23H23IN4O. The first-order valence-corrected chi connectivity index (χ1v) is 11.0. The molecule has 0 aliphatic carbocycles. The summed E-state index contributed by atoms with van der Waals surface area (Å²) >= 11 is 2.17. The third-order valence-corrected chi connectivity index (χ3v) is 6.08. The first-order valence-electron chi connectivity index (χ1n) is 9.96. The molecule has 5 nitrogen and oxygen atoms in total. The van der Waals surface area contributed by atoms with Crippen LogP contribution in [0.4, 0.5) is 11.5 Å². The third-order valence-electron chi connectivity index (χ3n) is 5.14. The van der Waals surface area contributed by atoms with Crippen LogP contribution in [0.25, 0.3) is 11.3 Å². The highest BCUT2D eigenvalue weighted by atomic mass is 127. The maximum Gasteiger partial charge on any atom is 0.256 e. The molecule has 4 rings (SSSR count). The summed E-state index contributed by atoms with van der Waals surface area (Å²) in [7, 11) is 0. The number of nitrogens with zero attached hydrogens (tertiary/aromatic N) is 3. The molecule has 2 heterocycles. The third kappa shape index (κ3) is 4.93. The van der Waals surface area contributed by atoms with Gasteiger partial charge in [-0.2, -0.15) is 0 Å². The zero-order valence-corrected chi connectivity index (χ0v) is 18.3. The molecule has 1 N–H and O–H groups in total. The number of carbonyl (C=O) groups excluding carboxylic acids is 1. The van der Waals surface area contributed by atoms with Crippen molar-refractivity contribution in [1.29, 1.82) is 0 Å². The van der Waals surface area contributed by atoms with Crippen molar-refractivity contribution in [2.45, 2.75) is 25.7 Å². The van der Waals surface area contributed by atoms with E-state index < -0.39 is 0 Å². The molecule has 0 spiro atoms. The molecular weight excluding hydrogens is 475 g/mol. The second-order valence-corrected chi connectivity index (χ2v) is 8.35. The molecule has 0 radical (unpaired) electrons. The summed E-state index contributed by atoms with van der Waals surface area (Å²) < 4.78 is 0.930. The van der Waals surface area contributed by atoms with Crippen molar-refractivity contribution in [1.82, 2.24) is 10.2 Å². The van der Waals surface area contributed by atoms with Crippen LogP contribution in [0.5, 0.6) is 0 Å². The predicted octanol–water partition coefficient (Wildman–Crippen LogP) is 5.38. The summed E-state index contributed by atoms with van der Waals surface area (Å²) in [5, 5.41) is 11.8. The summed E-state index contributed by atoms with van der Waals surface area (Å²) in [6, 6.07) is 19.3. The monoisotopic (exact) mass is 498 g/mol. The van der Waals surface area contributed by atoms with Crippen LogP contribution in [0, 0.1) is 3.57 Å². The van der Waals surface area contributed by atoms with Crippen molar-refractivity contribution in [3.8, 4) is 11.3 Å². The molecule has 1 aliphatic heterocycles. The van der Waals surface area contributed by atoms with Gasteiger partial charge in [0.05, 0.1) is 11.3 Å². The van der Waals surface area contributed by atoms with E-state index in [1.165, 1.54) is 25.7 Å². The fraction of sp³-hybridized carbons (Fsp3) is 0.261. The van der Waals surface area contributed by atoms with Crippen LogP contribution in [0.2, 0.25) is 0 Å². The highest BCUT2D eigenvalue weighted by molar-refractivity contribution is 14.1. The van der Waals surface area contributed by atoms with E-state index in [1.807, 2.05) is 54.6 Å². The number of amides is 1. The van der Waals surface area contributed by atoms with Crippen molar-refractivity contribution < 1.29 is 4.79 Å². The van der Waals surface area contributed by atoms with E-state index in [0.29, 0.717) is 5.56 Å². The summed E-state index contributed by atoms with van der Waals surface area (Å²) in [6.45, 7) is 2.12. The number of halogens is 1. The summed E-state index contributed by atoms with van der Waals surface area (Å²) in [5.41, 5.74) is 3.24. The maximum atomic E-state index is 12.5. The van der Waals surface area contributed by atoms with Gasteiger partial charge in [0.15, 0.2) is 5.82 Å². The smallest absolute Gasteiger partial charge is 0.256 e. The zero-order valence-electron chi connectivity index (χ0n) is 16.1. The minimum Gasteiger partial charge on any atom is -0.355 e. The first-order chi connectivity index (χ1) is 14.2. The van der Waals surface area contributed by atoms with Crippen LogP contribution in [0.1, 0.15) is 36.0 Å². The van der Waals surface area contributed by atoms with E-state index in [2.05, 4.69) is 49.1 Å². The zero-order chi connectivity index (χ0) is 20.1. The standard InChI is InChI=1S/C23H23IN4O/c24-20-8-4-3-7-19(20)23(29)25-18-11-9-17(10-12-18)21-13-14-22(27-26-21)28-15-5-1-2-6-16-28/h3-4,7-14H,1-2,5-6,15-16H2,(H,25,29). The second-order valence-electron chi connectivity index (χ2n) is 7.19. The second kappa shape index (κ2) is 9.35. The van der Waals surface area contributed by atoms with Gasteiger partial charge in [0.2, 0.25) is 0 Å². The fourth-order valence-electron chi connectivity index (χ4n) is 3.52. The molecule has 29 heavy (non-hydrogen) atoms. The van der Waals surface area contributed by atoms with E-state index in [-0.39, 0.29) is 5.91 Å². The highest BCUT2D eigenvalue weighted by Crippen LogP contribution is 2.23. The largest absolute Gasteiger partial charge is 0.355 e. The molecule has 6 heteroatoms. The Morgan fingerprint density at radius 1 is 0.862 bits per heavy atom. The van der Waals surface area contributed by atoms with Crippen LogP contribution in [0.15, 0.2) is 60.7 Å². The van der Waals surface area contributed by atoms with Gasteiger partial charge in [-0.3, -0.25) is 4.79 Å². The van der Waals surface area contributed by atoms with Crippen molar-refractivity contribution in [2.75, 3.05) is 23.3 Å². The number of hydrogen-bond donors (Lipinski definition) is 1. The lowest BCUT2D eigenvalue weighted by Crippen LogP contribution is -2.25. The van der Waals surface area contributed by atoms with E-state index in [9.17, 15) is 4.79 Å². The van der Waals surface area contributed by atoms with Crippen molar-refractivity contribution in [3.05, 3.63) is 69.8 Å². The number of aromatic nitrogens is 2. The average molecular weight is 498 g/mol. The number of benzene rings is 2. The molecule has 1 fully saturated rings. The summed E-state index contributed by atoms with van der Waals surface area (Å²) in [4.78, 5) is 14.8. The molecule has 148 valence electrons. The predicted molar refractivity (Wildman–Crippen MR) is 125 cm³/mol. The summed E-state index contributed by atoms with van der Waals surface area (Å²) in [5.74, 6) is 0.848. The van der Waals surface area contributed by atoms with E-state index in [1.54, 1.807) is 0 Å². The highest BCUT2D eigenvalue weighted by Gasteiger charge is 2.12. The number of rotatable bonds is 4. The number of carbonyl (C=O) groups is 1.